The van der Waals surface area contributed by atoms with Crippen LogP contribution in [0.1, 0.15) is 41.3 Å². The average molecular weight is 271 g/mol. The molecule has 0 aliphatic rings. The second kappa shape index (κ2) is 5.95. The summed E-state index contributed by atoms with van der Waals surface area (Å²) in [6.45, 7) is 6.35. The van der Waals surface area contributed by atoms with Gasteiger partial charge in [-0.2, -0.15) is 0 Å². The molecule has 0 atom stereocenters. The van der Waals surface area contributed by atoms with Crippen LogP contribution in [0.15, 0.2) is 36.7 Å². The molecule has 0 spiro atoms. The maximum absolute atomic E-state index is 12.0. The summed E-state index contributed by atoms with van der Waals surface area (Å²) in [5.41, 5.74) is 2.96. The average Bonchev–Trinajstić information content (AvgIpc) is 2.84. The lowest BCUT2D eigenvalue weighted by Gasteiger charge is -2.12. The van der Waals surface area contributed by atoms with Crippen molar-refractivity contribution >= 4 is 5.78 Å². The highest BCUT2D eigenvalue weighted by molar-refractivity contribution is 5.97. The van der Waals surface area contributed by atoms with Crippen molar-refractivity contribution in [3.05, 3.63) is 53.3 Å². The maximum Gasteiger partial charge on any atom is 0.201 e. The van der Waals surface area contributed by atoms with E-state index in [0.29, 0.717) is 11.5 Å². The lowest BCUT2D eigenvalue weighted by atomic mass is 10.0. The molecule has 0 saturated heterocycles. The molecule has 1 heterocycles. The van der Waals surface area contributed by atoms with Crippen LogP contribution in [0, 0.1) is 6.92 Å². The summed E-state index contributed by atoms with van der Waals surface area (Å²) in [6, 6.07) is 7.98. The molecule has 0 aliphatic heterocycles. The Kier molecular flexibility index (Phi) is 4.28. The second-order valence-corrected chi connectivity index (χ2v) is 5.46. The zero-order valence-corrected chi connectivity index (χ0v) is 12.5. The van der Waals surface area contributed by atoms with E-state index >= 15 is 0 Å². The molecule has 0 unspecified atom stereocenters. The Balaban J connectivity index is 2.07. The van der Waals surface area contributed by atoms with Crippen molar-refractivity contribution in [2.24, 2.45) is 7.05 Å². The van der Waals surface area contributed by atoms with Crippen LogP contribution in [-0.4, -0.2) is 17.0 Å². The minimum Gasteiger partial charge on any atom is -0.485 e. The van der Waals surface area contributed by atoms with Crippen molar-refractivity contribution in [2.75, 3.05) is 6.61 Å². The van der Waals surface area contributed by atoms with E-state index in [4.69, 9.17) is 4.74 Å². The van der Waals surface area contributed by atoms with Crippen molar-refractivity contribution in [3.63, 3.8) is 0 Å². The van der Waals surface area contributed by atoms with Gasteiger partial charge in [0, 0.05) is 25.0 Å². The van der Waals surface area contributed by atoms with Gasteiger partial charge in [-0.1, -0.05) is 26.0 Å². The monoisotopic (exact) mass is 271 g/mol. The summed E-state index contributed by atoms with van der Waals surface area (Å²) in [6.07, 6.45) is 3.67. The molecule has 0 saturated carbocycles. The fraction of sp³-hybridized carbons (Fsp3) is 0.353. The number of hydrogen-bond donors (Lipinski definition) is 0. The first-order valence-corrected chi connectivity index (χ1v) is 6.86. The number of ether oxygens (including phenoxy) is 1. The highest BCUT2D eigenvalue weighted by Gasteiger charge is 2.10. The number of nitrogens with zero attached hydrogens (tertiary/aromatic N) is 1. The molecule has 2 rings (SSSR count). The van der Waals surface area contributed by atoms with Gasteiger partial charge in [0.15, 0.2) is 6.61 Å². The summed E-state index contributed by atoms with van der Waals surface area (Å²) >= 11 is 0. The molecule has 0 amide bonds. The van der Waals surface area contributed by atoms with E-state index in [1.807, 2.05) is 49.1 Å². The number of ketones is 1. The molecule has 1 aromatic carbocycles. The zero-order chi connectivity index (χ0) is 14.7. The number of aryl methyl sites for hydroxylation is 2. The summed E-state index contributed by atoms with van der Waals surface area (Å²) in [7, 11) is 1.90. The van der Waals surface area contributed by atoms with Crippen molar-refractivity contribution in [1.82, 2.24) is 4.57 Å². The lowest BCUT2D eigenvalue weighted by molar-refractivity contribution is 0.0921. The first kappa shape index (κ1) is 14.4. The minimum absolute atomic E-state index is 0.0000463. The van der Waals surface area contributed by atoms with Gasteiger partial charge in [-0.15, -0.1) is 0 Å². The SMILES string of the molecule is Cc1ccc(C(C)C)cc1OCC(=O)c1ccn(C)c1. The quantitative estimate of drug-likeness (QED) is 0.776. The van der Waals surface area contributed by atoms with E-state index < -0.39 is 0 Å². The number of aromatic nitrogens is 1. The Morgan fingerprint density at radius 3 is 2.65 bits per heavy atom. The number of carbonyl (C=O) groups excluding carboxylic acids is 1. The van der Waals surface area contributed by atoms with Gasteiger partial charge in [-0.25, -0.2) is 0 Å². The van der Waals surface area contributed by atoms with E-state index in [1.54, 1.807) is 0 Å². The van der Waals surface area contributed by atoms with Gasteiger partial charge in [-0.3, -0.25) is 4.79 Å². The largest absolute Gasteiger partial charge is 0.485 e. The molecular formula is C17H21NO2. The van der Waals surface area contributed by atoms with Gasteiger partial charge in [0.05, 0.1) is 0 Å². The third-order valence-corrected chi connectivity index (χ3v) is 3.39. The molecule has 0 radical (unpaired) electrons. The fourth-order valence-corrected chi connectivity index (χ4v) is 2.03. The molecule has 3 heteroatoms. The van der Waals surface area contributed by atoms with Crippen LogP contribution >= 0.6 is 0 Å². The predicted octanol–water partition coefficient (Wildman–Crippen LogP) is 3.72. The van der Waals surface area contributed by atoms with Crippen LogP contribution in [0.3, 0.4) is 0 Å². The number of benzene rings is 1. The molecule has 0 bridgehead atoms. The van der Waals surface area contributed by atoms with Gasteiger partial charge < -0.3 is 9.30 Å². The van der Waals surface area contributed by atoms with Crippen molar-refractivity contribution in [2.45, 2.75) is 26.7 Å². The van der Waals surface area contributed by atoms with E-state index in [1.165, 1.54) is 5.56 Å². The van der Waals surface area contributed by atoms with Gasteiger partial charge in [0.1, 0.15) is 5.75 Å². The molecule has 0 fully saturated rings. The van der Waals surface area contributed by atoms with Crippen LogP contribution < -0.4 is 4.74 Å². The molecule has 20 heavy (non-hydrogen) atoms. The topological polar surface area (TPSA) is 31.2 Å². The van der Waals surface area contributed by atoms with E-state index in [2.05, 4.69) is 19.9 Å². The van der Waals surface area contributed by atoms with Crippen LogP contribution in [0.25, 0.3) is 0 Å². The smallest absolute Gasteiger partial charge is 0.201 e. The molecule has 3 nitrogen and oxygen atoms in total. The number of Topliss-reactive ketones (excluding diaryl/α,β-unsaturated/α-hetero) is 1. The minimum atomic E-state index is -0.0000463. The van der Waals surface area contributed by atoms with Crippen LogP contribution in [0.2, 0.25) is 0 Å². The third kappa shape index (κ3) is 3.29. The Labute approximate surface area is 120 Å². The first-order valence-electron chi connectivity index (χ1n) is 6.86. The first-order chi connectivity index (χ1) is 9.47. The number of rotatable bonds is 5. The molecule has 106 valence electrons. The fourth-order valence-electron chi connectivity index (χ4n) is 2.03. The van der Waals surface area contributed by atoms with Crippen molar-refractivity contribution < 1.29 is 9.53 Å². The number of carbonyl (C=O) groups is 1. The summed E-state index contributed by atoms with van der Waals surface area (Å²) < 4.78 is 7.55. The van der Waals surface area contributed by atoms with Gasteiger partial charge in [-0.05, 0) is 36.1 Å². The van der Waals surface area contributed by atoms with E-state index in [0.717, 1.165) is 11.3 Å². The molecule has 2 aromatic rings. The Morgan fingerprint density at radius 2 is 2.05 bits per heavy atom. The van der Waals surface area contributed by atoms with Crippen LogP contribution in [0.5, 0.6) is 5.75 Å². The Bertz CT molecular complexity index is 611. The molecule has 0 N–H and O–H groups in total. The Hall–Kier alpha value is -2.03. The summed E-state index contributed by atoms with van der Waals surface area (Å²) in [5.74, 6) is 1.24. The standard InChI is InChI=1S/C17H21NO2/c1-12(2)14-6-5-13(3)17(9-14)20-11-16(19)15-7-8-18(4)10-15/h5-10,12H,11H2,1-4H3. The van der Waals surface area contributed by atoms with Crippen LogP contribution in [-0.2, 0) is 7.05 Å². The van der Waals surface area contributed by atoms with Crippen molar-refractivity contribution in [3.8, 4) is 5.75 Å². The highest BCUT2D eigenvalue weighted by atomic mass is 16.5. The van der Waals surface area contributed by atoms with E-state index in [9.17, 15) is 4.79 Å². The lowest BCUT2D eigenvalue weighted by Crippen LogP contribution is -2.11. The normalized spacial score (nSPS) is 10.8. The number of hydrogen-bond acceptors (Lipinski definition) is 2. The van der Waals surface area contributed by atoms with Crippen molar-refractivity contribution in [1.29, 1.82) is 0 Å². The molecular weight excluding hydrogens is 250 g/mol. The highest BCUT2D eigenvalue weighted by Crippen LogP contribution is 2.24. The summed E-state index contributed by atoms with van der Waals surface area (Å²) in [5, 5.41) is 0. The maximum atomic E-state index is 12.0. The zero-order valence-electron chi connectivity index (χ0n) is 12.5. The molecule has 0 aliphatic carbocycles. The Morgan fingerprint density at radius 1 is 1.30 bits per heavy atom. The van der Waals surface area contributed by atoms with E-state index in [-0.39, 0.29) is 12.4 Å². The predicted molar refractivity (Wildman–Crippen MR) is 80.5 cm³/mol. The summed E-state index contributed by atoms with van der Waals surface area (Å²) in [4.78, 5) is 12.0. The molecule has 1 aromatic heterocycles. The third-order valence-electron chi connectivity index (χ3n) is 3.39. The van der Waals surface area contributed by atoms with Crippen LogP contribution in [0.4, 0.5) is 0 Å². The second-order valence-electron chi connectivity index (χ2n) is 5.46. The van der Waals surface area contributed by atoms with Gasteiger partial charge in [0.25, 0.3) is 0 Å². The van der Waals surface area contributed by atoms with Gasteiger partial charge in [0.2, 0.25) is 5.78 Å². The van der Waals surface area contributed by atoms with Gasteiger partial charge >= 0.3 is 0 Å².